The standard InChI is InChI=1S/C29H30N2O6.Na.H/c1-20(33)36-26-11-12-27-28(16-26)30-14-13-29(27)37-25-9-7-21(8-10-25)15-22(18-32)31-17-23(34)19-35-24-5-3-2-4-6-24;;/h2-14,16,22-23,31-32,34H,15,17-19H2,1H3;;/t22-,23-;;/m0../s1. The predicted molar refractivity (Wildman–Crippen MR) is 147 cm³/mol. The van der Waals surface area contributed by atoms with Crippen LogP contribution in [0, 0.1) is 0 Å². The molecule has 0 saturated heterocycles. The Morgan fingerprint density at radius 3 is 2.42 bits per heavy atom. The fraction of sp³-hybridized carbons (Fsp3) is 0.241. The number of hydrogen-bond acceptors (Lipinski definition) is 8. The number of benzene rings is 3. The molecule has 0 bridgehead atoms. The molecule has 0 spiro atoms. The van der Waals surface area contributed by atoms with Gasteiger partial charge in [-0.25, -0.2) is 0 Å². The van der Waals surface area contributed by atoms with Gasteiger partial charge in [-0.1, -0.05) is 30.3 Å². The third-order valence-corrected chi connectivity index (χ3v) is 5.62. The summed E-state index contributed by atoms with van der Waals surface area (Å²) in [6, 6.07) is 23.7. The molecule has 0 amide bonds. The Hall–Kier alpha value is -2.98. The molecule has 4 rings (SSSR count). The van der Waals surface area contributed by atoms with E-state index in [0.29, 0.717) is 41.5 Å². The number of nitrogens with zero attached hydrogens (tertiary/aromatic N) is 1. The Morgan fingerprint density at radius 1 is 0.974 bits per heavy atom. The molecular weight excluding hydrogens is 495 g/mol. The van der Waals surface area contributed by atoms with Crippen molar-refractivity contribution in [1.29, 1.82) is 0 Å². The van der Waals surface area contributed by atoms with Crippen LogP contribution < -0.4 is 19.5 Å². The Balaban J connectivity index is 0.00000400. The first-order chi connectivity index (χ1) is 18.0. The Bertz CT molecular complexity index is 1300. The fourth-order valence-corrected chi connectivity index (χ4v) is 3.80. The zero-order valence-corrected chi connectivity index (χ0v) is 20.5. The Labute approximate surface area is 243 Å². The van der Waals surface area contributed by atoms with Crippen molar-refractivity contribution in [1.82, 2.24) is 10.3 Å². The van der Waals surface area contributed by atoms with Gasteiger partial charge in [0.25, 0.3) is 0 Å². The number of esters is 1. The summed E-state index contributed by atoms with van der Waals surface area (Å²) in [7, 11) is 0. The topological polar surface area (TPSA) is 110 Å². The van der Waals surface area contributed by atoms with Gasteiger partial charge < -0.3 is 29.7 Å². The third-order valence-electron chi connectivity index (χ3n) is 5.62. The number of hydrogen-bond donors (Lipinski definition) is 3. The van der Waals surface area contributed by atoms with Crippen LogP contribution in [-0.4, -0.2) is 82.6 Å². The van der Waals surface area contributed by atoms with Crippen molar-refractivity contribution < 1.29 is 29.2 Å². The number of pyridine rings is 1. The van der Waals surface area contributed by atoms with E-state index in [0.717, 1.165) is 10.9 Å². The van der Waals surface area contributed by atoms with Gasteiger partial charge in [0.2, 0.25) is 0 Å². The molecule has 9 heteroatoms. The molecule has 38 heavy (non-hydrogen) atoms. The minimum atomic E-state index is -0.703. The van der Waals surface area contributed by atoms with Gasteiger partial charge in [0, 0.05) is 37.2 Å². The normalized spacial score (nSPS) is 12.3. The van der Waals surface area contributed by atoms with E-state index in [2.05, 4.69) is 10.3 Å². The van der Waals surface area contributed by atoms with Crippen LogP contribution in [0.3, 0.4) is 0 Å². The minimum absolute atomic E-state index is 0. The molecule has 4 aromatic rings. The second-order valence-electron chi connectivity index (χ2n) is 8.60. The number of rotatable bonds is 12. The Morgan fingerprint density at radius 2 is 1.71 bits per heavy atom. The summed E-state index contributed by atoms with van der Waals surface area (Å²) >= 11 is 0. The van der Waals surface area contributed by atoms with E-state index in [1.165, 1.54) is 6.92 Å². The summed E-state index contributed by atoms with van der Waals surface area (Å²) in [4.78, 5) is 15.5. The van der Waals surface area contributed by atoms with Gasteiger partial charge in [-0.2, -0.15) is 0 Å². The third kappa shape index (κ3) is 8.80. The Kier molecular flexibility index (Phi) is 11.5. The molecule has 0 aliphatic rings. The summed E-state index contributed by atoms with van der Waals surface area (Å²) in [5.41, 5.74) is 1.67. The number of ether oxygens (including phenoxy) is 3. The van der Waals surface area contributed by atoms with Gasteiger partial charge in [-0.05, 0) is 54.4 Å². The molecular formula is C29H31N2NaO6. The molecule has 3 aromatic carbocycles. The summed E-state index contributed by atoms with van der Waals surface area (Å²) < 4.78 is 16.8. The number of fused-ring (bicyclic) bond motifs is 1. The molecule has 0 radical (unpaired) electrons. The van der Waals surface area contributed by atoms with Crippen LogP contribution in [0.2, 0.25) is 0 Å². The van der Waals surface area contributed by atoms with Crippen molar-refractivity contribution in [3.05, 3.63) is 90.6 Å². The van der Waals surface area contributed by atoms with Crippen molar-refractivity contribution in [3.8, 4) is 23.0 Å². The van der Waals surface area contributed by atoms with Gasteiger partial charge in [0.15, 0.2) is 0 Å². The van der Waals surface area contributed by atoms with E-state index >= 15 is 0 Å². The van der Waals surface area contributed by atoms with E-state index in [1.807, 2.05) is 54.6 Å². The van der Waals surface area contributed by atoms with Gasteiger partial charge in [0.1, 0.15) is 35.7 Å². The molecule has 0 saturated carbocycles. The number of aromatic nitrogens is 1. The maximum absolute atomic E-state index is 11.2. The molecule has 0 fully saturated rings. The molecule has 2 atom stereocenters. The maximum atomic E-state index is 11.2. The predicted octanol–water partition coefficient (Wildman–Crippen LogP) is 3.24. The van der Waals surface area contributed by atoms with Gasteiger partial charge in [-0.3, -0.25) is 9.78 Å². The number of carbonyl (C=O) groups is 1. The molecule has 1 heterocycles. The quantitative estimate of drug-likeness (QED) is 0.147. The zero-order valence-electron chi connectivity index (χ0n) is 20.5. The van der Waals surface area contributed by atoms with Gasteiger partial charge in [-0.15, -0.1) is 0 Å². The average molecular weight is 527 g/mol. The van der Waals surface area contributed by atoms with Crippen LogP contribution in [0.1, 0.15) is 12.5 Å². The fourth-order valence-electron chi connectivity index (χ4n) is 3.80. The van der Waals surface area contributed by atoms with E-state index < -0.39 is 12.1 Å². The first-order valence-corrected chi connectivity index (χ1v) is 12.0. The molecule has 0 aliphatic carbocycles. The summed E-state index contributed by atoms with van der Waals surface area (Å²) in [5, 5.41) is 24.0. The van der Waals surface area contributed by atoms with E-state index in [9.17, 15) is 15.0 Å². The molecule has 1 aromatic heterocycles. The summed E-state index contributed by atoms with van der Waals surface area (Å²) in [5.74, 6) is 2.03. The van der Waals surface area contributed by atoms with Crippen molar-refractivity contribution in [2.45, 2.75) is 25.5 Å². The van der Waals surface area contributed by atoms with Crippen LogP contribution in [0.5, 0.6) is 23.0 Å². The van der Waals surface area contributed by atoms with Crippen LogP contribution in [0.4, 0.5) is 0 Å². The number of nitrogens with one attached hydrogen (secondary N) is 1. The van der Waals surface area contributed by atoms with Crippen LogP contribution in [0.25, 0.3) is 10.9 Å². The molecule has 194 valence electrons. The number of carbonyl (C=O) groups excluding carboxylic acids is 1. The van der Waals surface area contributed by atoms with E-state index in [4.69, 9.17) is 14.2 Å². The second-order valence-corrected chi connectivity index (χ2v) is 8.60. The average Bonchev–Trinajstić information content (AvgIpc) is 2.91. The van der Waals surface area contributed by atoms with E-state index in [-0.39, 0.29) is 48.8 Å². The van der Waals surface area contributed by atoms with Gasteiger partial charge >= 0.3 is 35.5 Å². The monoisotopic (exact) mass is 526 g/mol. The summed E-state index contributed by atoms with van der Waals surface area (Å²) in [6.07, 6.45) is 1.52. The second kappa shape index (κ2) is 14.8. The van der Waals surface area contributed by atoms with Crippen molar-refractivity contribution >= 4 is 46.4 Å². The molecule has 8 nitrogen and oxygen atoms in total. The molecule has 3 N–H and O–H groups in total. The number of para-hydroxylation sites is 1. The van der Waals surface area contributed by atoms with Crippen LogP contribution in [0.15, 0.2) is 85.1 Å². The summed E-state index contributed by atoms with van der Waals surface area (Å²) in [6.45, 7) is 1.75. The molecule has 0 aliphatic heterocycles. The number of aliphatic hydroxyl groups excluding tert-OH is 2. The SMILES string of the molecule is CC(=O)Oc1ccc2c(Oc3ccc(C[C@@H](CO)NC[C@H](O)COc4ccccc4)cc3)ccnc2c1.[NaH]. The zero-order chi connectivity index (χ0) is 26.0. The van der Waals surface area contributed by atoms with Crippen LogP contribution in [-0.2, 0) is 11.2 Å². The van der Waals surface area contributed by atoms with Gasteiger partial charge in [0.05, 0.1) is 12.1 Å². The van der Waals surface area contributed by atoms with Crippen molar-refractivity contribution in [3.63, 3.8) is 0 Å². The number of aliphatic hydroxyl groups is 2. The first-order valence-electron chi connectivity index (χ1n) is 12.0. The van der Waals surface area contributed by atoms with E-state index in [1.54, 1.807) is 30.5 Å². The van der Waals surface area contributed by atoms with Crippen molar-refractivity contribution in [2.75, 3.05) is 19.8 Å². The first kappa shape index (κ1) is 29.6. The molecule has 0 unspecified atom stereocenters. The van der Waals surface area contributed by atoms with Crippen LogP contribution >= 0.6 is 0 Å². The van der Waals surface area contributed by atoms with Crippen molar-refractivity contribution in [2.24, 2.45) is 0 Å².